The minimum absolute atomic E-state index is 0.0185. The molecule has 0 aliphatic heterocycles. The zero-order chi connectivity index (χ0) is 22.4. The van der Waals surface area contributed by atoms with Crippen LogP contribution in [0.2, 0.25) is 0 Å². The summed E-state index contributed by atoms with van der Waals surface area (Å²) in [6, 6.07) is 9.92. The minimum Gasteiger partial charge on any atom is -0.361 e. The van der Waals surface area contributed by atoms with E-state index in [0.29, 0.717) is 0 Å². The number of aromatic nitrogens is 1. The van der Waals surface area contributed by atoms with Crippen LogP contribution in [-0.2, 0) is 16.0 Å². The quantitative estimate of drug-likeness (QED) is 0.413. The van der Waals surface area contributed by atoms with Crippen LogP contribution < -0.4 is 16.0 Å². The summed E-state index contributed by atoms with van der Waals surface area (Å²) in [4.78, 5) is 39.3. The smallest absolute Gasteiger partial charge is 0.257 e. The van der Waals surface area contributed by atoms with Gasteiger partial charge in [0.05, 0.1) is 0 Å². The molecule has 1 unspecified atom stereocenters. The highest BCUT2D eigenvalue weighted by molar-refractivity contribution is 5.94. The molecule has 1 heterocycles. The fraction of sp³-hybridized carbons (Fsp3) is 0.227. The van der Waals surface area contributed by atoms with Crippen molar-refractivity contribution in [2.24, 2.45) is 0 Å². The summed E-state index contributed by atoms with van der Waals surface area (Å²) < 4.78 is 27.3. The second kappa shape index (κ2) is 9.84. The molecule has 0 saturated heterocycles. The maximum atomic E-state index is 13.6. The maximum absolute atomic E-state index is 13.6. The molecule has 0 bridgehead atoms. The standard InChI is InChI=1S/C22H22F2N4O3/c1-13(29)28-19(11-14-12-27-18-8-3-2-5-15(14)18)21(30)25-9-10-26-22(31)20-16(23)6-4-7-17(20)24/h2-8,12,19,27H,9-11H2,1H3,(H,25,30)(H,26,31)(H,28,29). The Morgan fingerprint density at radius 2 is 1.65 bits per heavy atom. The summed E-state index contributed by atoms with van der Waals surface area (Å²) in [5, 5.41) is 8.55. The lowest BCUT2D eigenvalue weighted by Gasteiger charge is -2.17. The number of nitrogens with one attached hydrogen (secondary N) is 4. The van der Waals surface area contributed by atoms with Crippen molar-refractivity contribution in [1.82, 2.24) is 20.9 Å². The fourth-order valence-electron chi connectivity index (χ4n) is 3.26. The normalized spacial score (nSPS) is 11.7. The zero-order valence-corrected chi connectivity index (χ0v) is 16.8. The van der Waals surface area contributed by atoms with Gasteiger partial charge < -0.3 is 20.9 Å². The largest absolute Gasteiger partial charge is 0.361 e. The van der Waals surface area contributed by atoms with Gasteiger partial charge in [0.15, 0.2) is 0 Å². The molecular formula is C22H22F2N4O3. The molecule has 0 aliphatic carbocycles. The van der Waals surface area contributed by atoms with Crippen molar-refractivity contribution in [2.45, 2.75) is 19.4 Å². The first-order valence-electron chi connectivity index (χ1n) is 9.69. The van der Waals surface area contributed by atoms with E-state index < -0.39 is 35.1 Å². The Kier molecular flexibility index (Phi) is 6.96. The number of rotatable bonds is 8. The first kappa shape index (κ1) is 21.9. The lowest BCUT2D eigenvalue weighted by molar-refractivity contribution is -0.128. The molecule has 2 aromatic carbocycles. The molecule has 31 heavy (non-hydrogen) atoms. The van der Waals surface area contributed by atoms with Crippen molar-refractivity contribution in [3.63, 3.8) is 0 Å². The fourth-order valence-corrected chi connectivity index (χ4v) is 3.26. The van der Waals surface area contributed by atoms with E-state index in [2.05, 4.69) is 20.9 Å². The second-order valence-corrected chi connectivity index (χ2v) is 6.96. The molecule has 0 radical (unpaired) electrons. The van der Waals surface area contributed by atoms with Crippen LogP contribution in [0.3, 0.4) is 0 Å². The van der Waals surface area contributed by atoms with E-state index in [4.69, 9.17) is 0 Å². The number of carbonyl (C=O) groups excluding carboxylic acids is 3. The molecular weight excluding hydrogens is 406 g/mol. The van der Waals surface area contributed by atoms with E-state index in [9.17, 15) is 23.2 Å². The van der Waals surface area contributed by atoms with Gasteiger partial charge in [0.25, 0.3) is 5.91 Å². The van der Waals surface area contributed by atoms with Crippen molar-refractivity contribution in [2.75, 3.05) is 13.1 Å². The van der Waals surface area contributed by atoms with Crippen LogP contribution in [0.4, 0.5) is 8.78 Å². The molecule has 162 valence electrons. The first-order valence-corrected chi connectivity index (χ1v) is 9.69. The average molecular weight is 428 g/mol. The van der Waals surface area contributed by atoms with Crippen molar-refractivity contribution < 1.29 is 23.2 Å². The van der Waals surface area contributed by atoms with Gasteiger partial charge >= 0.3 is 0 Å². The van der Waals surface area contributed by atoms with Gasteiger partial charge in [-0.1, -0.05) is 24.3 Å². The van der Waals surface area contributed by atoms with E-state index >= 15 is 0 Å². The molecule has 7 nitrogen and oxygen atoms in total. The Bertz CT molecular complexity index is 1090. The third-order valence-corrected chi connectivity index (χ3v) is 4.69. The predicted molar refractivity (Wildman–Crippen MR) is 111 cm³/mol. The second-order valence-electron chi connectivity index (χ2n) is 6.96. The Hall–Kier alpha value is -3.75. The molecule has 0 fully saturated rings. The maximum Gasteiger partial charge on any atom is 0.257 e. The molecule has 1 atom stereocenters. The number of hydrogen-bond donors (Lipinski definition) is 4. The highest BCUT2D eigenvalue weighted by Crippen LogP contribution is 2.19. The molecule has 4 N–H and O–H groups in total. The van der Waals surface area contributed by atoms with Crippen LogP contribution in [0.5, 0.6) is 0 Å². The van der Waals surface area contributed by atoms with Crippen molar-refractivity contribution >= 4 is 28.6 Å². The molecule has 9 heteroatoms. The summed E-state index contributed by atoms with van der Waals surface area (Å²) >= 11 is 0. The van der Waals surface area contributed by atoms with Crippen LogP contribution in [0.1, 0.15) is 22.8 Å². The summed E-state index contributed by atoms with van der Waals surface area (Å²) in [5.41, 5.74) is 1.11. The average Bonchev–Trinajstić information content (AvgIpc) is 3.13. The van der Waals surface area contributed by atoms with Crippen molar-refractivity contribution in [1.29, 1.82) is 0 Å². The Morgan fingerprint density at radius 3 is 2.35 bits per heavy atom. The van der Waals surface area contributed by atoms with E-state index in [1.807, 2.05) is 24.3 Å². The van der Waals surface area contributed by atoms with Crippen molar-refractivity contribution in [3.05, 3.63) is 71.4 Å². The summed E-state index contributed by atoms with van der Waals surface area (Å²) in [6.45, 7) is 1.29. The molecule has 3 amide bonds. The number of H-pyrrole nitrogens is 1. The number of para-hydroxylation sites is 1. The molecule has 3 aromatic rings. The first-order chi connectivity index (χ1) is 14.9. The van der Waals surface area contributed by atoms with Crippen LogP contribution in [-0.4, -0.2) is 41.8 Å². The zero-order valence-electron chi connectivity index (χ0n) is 16.8. The van der Waals surface area contributed by atoms with Gasteiger partial charge in [-0.2, -0.15) is 0 Å². The molecule has 0 spiro atoms. The SMILES string of the molecule is CC(=O)NC(Cc1c[nH]c2ccccc12)C(=O)NCCNC(=O)c1c(F)cccc1F. The van der Waals surface area contributed by atoms with Gasteiger partial charge in [0.2, 0.25) is 11.8 Å². The van der Waals surface area contributed by atoms with E-state index in [0.717, 1.165) is 34.7 Å². The Balaban J connectivity index is 1.57. The lowest BCUT2D eigenvalue weighted by Crippen LogP contribution is -2.48. The number of amides is 3. The Morgan fingerprint density at radius 1 is 0.968 bits per heavy atom. The highest BCUT2D eigenvalue weighted by Gasteiger charge is 2.21. The van der Waals surface area contributed by atoms with Gasteiger partial charge in [0.1, 0.15) is 23.2 Å². The third kappa shape index (κ3) is 5.44. The number of carbonyl (C=O) groups is 3. The van der Waals surface area contributed by atoms with Gasteiger partial charge in [-0.25, -0.2) is 8.78 Å². The highest BCUT2D eigenvalue weighted by atomic mass is 19.1. The molecule has 3 rings (SSSR count). The van der Waals surface area contributed by atoms with Crippen molar-refractivity contribution in [3.8, 4) is 0 Å². The number of hydrogen-bond acceptors (Lipinski definition) is 3. The number of fused-ring (bicyclic) bond motifs is 1. The van der Waals surface area contributed by atoms with Gasteiger partial charge in [-0.15, -0.1) is 0 Å². The number of benzene rings is 2. The number of halogens is 2. The molecule has 0 saturated carbocycles. The predicted octanol–water partition coefficient (Wildman–Crippen LogP) is 2.04. The summed E-state index contributed by atoms with van der Waals surface area (Å²) in [5.74, 6) is -3.64. The van der Waals surface area contributed by atoms with Crippen LogP contribution in [0.15, 0.2) is 48.7 Å². The Labute approximate surface area is 177 Å². The minimum atomic E-state index is -0.967. The van der Waals surface area contributed by atoms with Gasteiger partial charge in [-0.3, -0.25) is 14.4 Å². The van der Waals surface area contributed by atoms with E-state index in [-0.39, 0.29) is 25.4 Å². The van der Waals surface area contributed by atoms with Crippen LogP contribution in [0.25, 0.3) is 10.9 Å². The topological polar surface area (TPSA) is 103 Å². The van der Waals surface area contributed by atoms with Gasteiger partial charge in [-0.05, 0) is 23.8 Å². The van der Waals surface area contributed by atoms with E-state index in [1.54, 1.807) is 6.20 Å². The summed E-state index contributed by atoms with van der Waals surface area (Å²) in [6.07, 6.45) is 2.05. The van der Waals surface area contributed by atoms with E-state index in [1.165, 1.54) is 6.92 Å². The van der Waals surface area contributed by atoms with Gasteiger partial charge in [0, 0.05) is 43.5 Å². The number of aromatic amines is 1. The van der Waals surface area contributed by atoms with Crippen LogP contribution in [0, 0.1) is 11.6 Å². The van der Waals surface area contributed by atoms with Crippen LogP contribution >= 0.6 is 0 Å². The third-order valence-electron chi connectivity index (χ3n) is 4.69. The lowest BCUT2D eigenvalue weighted by atomic mass is 10.0. The summed E-state index contributed by atoms with van der Waals surface area (Å²) in [7, 11) is 0. The monoisotopic (exact) mass is 428 g/mol. The molecule has 1 aromatic heterocycles. The molecule has 0 aliphatic rings.